The van der Waals surface area contributed by atoms with Crippen molar-refractivity contribution < 1.29 is 0 Å². The molecule has 1 unspecified atom stereocenters. The third kappa shape index (κ3) is 2.96. The highest BCUT2D eigenvalue weighted by Crippen LogP contribution is 2.12. The van der Waals surface area contributed by atoms with Crippen molar-refractivity contribution in [1.82, 2.24) is 14.5 Å². The number of nitrogens with two attached hydrogens (primary N) is 1. The van der Waals surface area contributed by atoms with Crippen LogP contribution in [-0.4, -0.2) is 20.6 Å². The first kappa shape index (κ1) is 11.4. The molecule has 5 nitrogen and oxygen atoms in total. The van der Waals surface area contributed by atoms with Crippen molar-refractivity contribution in [2.75, 3.05) is 11.1 Å². The van der Waals surface area contributed by atoms with E-state index >= 15 is 0 Å². The fraction of sp³-hybridized carbons (Fsp3) is 0.333. The first-order valence-electron chi connectivity index (χ1n) is 5.60. The quantitative estimate of drug-likeness (QED) is 0.839. The molecule has 0 bridgehead atoms. The summed E-state index contributed by atoms with van der Waals surface area (Å²) in [6, 6.07) is 4.04. The van der Waals surface area contributed by atoms with Gasteiger partial charge in [-0.1, -0.05) is 0 Å². The fourth-order valence-corrected chi connectivity index (χ4v) is 1.66. The summed E-state index contributed by atoms with van der Waals surface area (Å²) >= 11 is 0. The monoisotopic (exact) mass is 231 g/mol. The van der Waals surface area contributed by atoms with Crippen LogP contribution in [-0.2, 0) is 6.54 Å². The van der Waals surface area contributed by atoms with Gasteiger partial charge in [0.1, 0.15) is 5.82 Å². The van der Waals surface area contributed by atoms with Crippen molar-refractivity contribution in [1.29, 1.82) is 0 Å². The van der Waals surface area contributed by atoms with Crippen molar-refractivity contribution in [2.45, 2.75) is 26.4 Å². The van der Waals surface area contributed by atoms with Crippen molar-refractivity contribution in [3.05, 3.63) is 36.5 Å². The molecule has 0 aliphatic heterocycles. The molecular formula is C12H17N5. The lowest BCUT2D eigenvalue weighted by Crippen LogP contribution is -2.22. The molecule has 2 aromatic rings. The fourth-order valence-electron chi connectivity index (χ4n) is 1.66. The zero-order valence-electron chi connectivity index (χ0n) is 10.1. The van der Waals surface area contributed by atoms with Crippen LogP contribution in [0.15, 0.2) is 30.9 Å². The normalized spacial score (nSPS) is 12.4. The third-order valence-corrected chi connectivity index (χ3v) is 2.56. The maximum absolute atomic E-state index is 5.73. The molecule has 5 heteroatoms. The predicted molar refractivity (Wildman–Crippen MR) is 68.7 cm³/mol. The summed E-state index contributed by atoms with van der Waals surface area (Å²) in [6.07, 6.45) is 5.53. The van der Waals surface area contributed by atoms with E-state index in [-0.39, 0.29) is 6.04 Å². The molecule has 0 saturated carbocycles. The van der Waals surface area contributed by atoms with Gasteiger partial charge in [0, 0.05) is 25.0 Å². The van der Waals surface area contributed by atoms with Crippen molar-refractivity contribution in [3.8, 4) is 0 Å². The number of anilines is 2. The summed E-state index contributed by atoms with van der Waals surface area (Å²) in [5, 5.41) is 3.33. The van der Waals surface area contributed by atoms with E-state index in [0.717, 1.165) is 23.7 Å². The first-order valence-corrected chi connectivity index (χ1v) is 5.60. The molecule has 0 radical (unpaired) electrons. The molecule has 1 atom stereocenters. The second kappa shape index (κ2) is 4.86. The maximum Gasteiger partial charge on any atom is 0.126 e. The van der Waals surface area contributed by atoms with E-state index in [4.69, 9.17) is 5.73 Å². The molecular weight excluding hydrogens is 214 g/mol. The van der Waals surface area contributed by atoms with E-state index in [9.17, 15) is 0 Å². The molecule has 90 valence electrons. The van der Waals surface area contributed by atoms with E-state index in [1.807, 2.05) is 29.8 Å². The van der Waals surface area contributed by atoms with Crippen LogP contribution < -0.4 is 11.1 Å². The Morgan fingerprint density at radius 1 is 1.47 bits per heavy atom. The summed E-state index contributed by atoms with van der Waals surface area (Å²) < 4.78 is 2.03. The van der Waals surface area contributed by atoms with E-state index in [2.05, 4.69) is 22.2 Å². The van der Waals surface area contributed by atoms with Gasteiger partial charge in [-0.25, -0.2) is 9.97 Å². The summed E-state index contributed by atoms with van der Waals surface area (Å²) in [7, 11) is 0. The minimum atomic E-state index is 0.278. The van der Waals surface area contributed by atoms with Gasteiger partial charge in [-0.2, -0.15) is 0 Å². The van der Waals surface area contributed by atoms with Crippen LogP contribution in [0.2, 0.25) is 0 Å². The molecule has 2 rings (SSSR count). The van der Waals surface area contributed by atoms with Crippen molar-refractivity contribution in [2.24, 2.45) is 0 Å². The third-order valence-electron chi connectivity index (χ3n) is 2.56. The van der Waals surface area contributed by atoms with Gasteiger partial charge in [-0.05, 0) is 26.0 Å². The Balaban J connectivity index is 1.98. The molecule has 0 spiro atoms. The number of aromatic nitrogens is 3. The average molecular weight is 231 g/mol. The number of nitrogens with one attached hydrogen (secondary N) is 1. The number of pyridine rings is 1. The second-order valence-electron chi connectivity index (χ2n) is 4.18. The maximum atomic E-state index is 5.73. The zero-order valence-corrected chi connectivity index (χ0v) is 10.1. The Bertz CT molecular complexity index is 478. The predicted octanol–water partition coefficient (Wildman–Crippen LogP) is 1.67. The van der Waals surface area contributed by atoms with Crippen LogP contribution in [0, 0.1) is 6.92 Å². The second-order valence-corrected chi connectivity index (χ2v) is 4.18. The Morgan fingerprint density at radius 2 is 2.29 bits per heavy atom. The average Bonchev–Trinajstić information content (AvgIpc) is 2.76. The minimum absolute atomic E-state index is 0.278. The van der Waals surface area contributed by atoms with Gasteiger partial charge in [0.15, 0.2) is 0 Å². The van der Waals surface area contributed by atoms with E-state index in [0.29, 0.717) is 0 Å². The molecule has 2 aromatic heterocycles. The Morgan fingerprint density at radius 3 is 2.94 bits per heavy atom. The number of rotatable bonds is 4. The van der Waals surface area contributed by atoms with Crippen LogP contribution in [0.4, 0.5) is 11.5 Å². The molecule has 0 fully saturated rings. The Kier molecular flexibility index (Phi) is 3.27. The van der Waals surface area contributed by atoms with E-state index < -0.39 is 0 Å². The highest BCUT2D eigenvalue weighted by molar-refractivity contribution is 5.49. The topological polar surface area (TPSA) is 68.8 Å². The Hall–Kier alpha value is -2.04. The van der Waals surface area contributed by atoms with Crippen LogP contribution in [0.1, 0.15) is 12.6 Å². The number of nitrogen functional groups attached to an aromatic ring is 1. The van der Waals surface area contributed by atoms with Gasteiger partial charge in [0.05, 0.1) is 17.7 Å². The lowest BCUT2D eigenvalue weighted by Gasteiger charge is -2.15. The number of aryl methyl sites for hydroxylation is 1. The van der Waals surface area contributed by atoms with Gasteiger partial charge in [0.25, 0.3) is 0 Å². The van der Waals surface area contributed by atoms with E-state index in [1.165, 1.54) is 0 Å². The van der Waals surface area contributed by atoms with E-state index in [1.54, 1.807) is 12.5 Å². The lowest BCUT2D eigenvalue weighted by molar-refractivity contribution is 0.617. The summed E-state index contributed by atoms with van der Waals surface area (Å²) in [5.41, 5.74) is 7.30. The number of hydrogen-bond donors (Lipinski definition) is 2. The van der Waals surface area contributed by atoms with Crippen LogP contribution in [0.3, 0.4) is 0 Å². The Labute approximate surface area is 101 Å². The largest absolute Gasteiger partial charge is 0.397 e. The molecule has 0 aromatic carbocycles. The molecule has 0 amide bonds. The standard InChI is InChI=1S/C12H17N5/c1-9(7-17-6-5-14-8-17)15-12-4-3-11(13)10(2)16-12/h3-6,8-9H,7,13H2,1-2H3,(H,15,16). The number of nitrogens with zero attached hydrogens (tertiary/aromatic N) is 3. The molecule has 0 saturated heterocycles. The SMILES string of the molecule is Cc1nc(NC(C)Cn2ccnc2)ccc1N. The van der Waals surface area contributed by atoms with Crippen molar-refractivity contribution in [3.63, 3.8) is 0 Å². The van der Waals surface area contributed by atoms with Crippen LogP contribution in [0.25, 0.3) is 0 Å². The summed E-state index contributed by atoms with van der Waals surface area (Å²) in [6.45, 7) is 4.86. The van der Waals surface area contributed by atoms with Gasteiger partial charge in [-0.15, -0.1) is 0 Å². The van der Waals surface area contributed by atoms with Gasteiger partial charge >= 0.3 is 0 Å². The summed E-state index contributed by atoms with van der Waals surface area (Å²) in [5.74, 6) is 0.851. The van der Waals surface area contributed by atoms with Gasteiger partial charge in [0.2, 0.25) is 0 Å². The lowest BCUT2D eigenvalue weighted by atomic mass is 10.3. The number of imidazole rings is 1. The molecule has 0 aliphatic rings. The smallest absolute Gasteiger partial charge is 0.126 e. The molecule has 0 aliphatic carbocycles. The van der Waals surface area contributed by atoms with Crippen molar-refractivity contribution >= 4 is 11.5 Å². The zero-order chi connectivity index (χ0) is 12.3. The summed E-state index contributed by atoms with van der Waals surface area (Å²) in [4.78, 5) is 8.39. The molecule has 2 heterocycles. The molecule has 3 N–H and O–H groups in total. The van der Waals surface area contributed by atoms with Crippen LogP contribution in [0.5, 0.6) is 0 Å². The van der Waals surface area contributed by atoms with Gasteiger partial charge in [-0.3, -0.25) is 0 Å². The first-order chi connectivity index (χ1) is 8.15. The molecule has 17 heavy (non-hydrogen) atoms. The highest BCUT2D eigenvalue weighted by Gasteiger charge is 2.04. The number of hydrogen-bond acceptors (Lipinski definition) is 4. The minimum Gasteiger partial charge on any atom is -0.397 e. The van der Waals surface area contributed by atoms with Crippen LogP contribution >= 0.6 is 0 Å². The van der Waals surface area contributed by atoms with Gasteiger partial charge < -0.3 is 15.6 Å². The highest BCUT2D eigenvalue weighted by atomic mass is 15.1.